The van der Waals surface area contributed by atoms with Crippen LogP contribution in [-0.2, 0) is 28.5 Å². The molecule has 0 amide bonds. The molecule has 0 heterocycles. The van der Waals surface area contributed by atoms with Crippen LogP contribution in [0.3, 0.4) is 0 Å². The Bertz CT molecular complexity index is 468. The van der Waals surface area contributed by atoms with E-state index < -0.39 is 29.7 Å². The highest BCUT2D eigenvalue weighted by Crippen LogP contribution is 2.36. The van der Waals surface area contributed by atoms with Crippen LogP contribution in [-0.4, -0.2) is 55.4 Å². The smallest absolute Gasteiger partial charge is 0.333 e. The van der Waals surface area contributed by atoms with E-state index in [1.165, 1.54) is 14.0 Å². The zero-order valence-corrected chi connectivity index (χ0v) is 15.5. The third kappa shape index (κ3) is 7.13. The fourth-order valence-electron chi connectivity index (χ4n) is 2.88. The third-order valence-corrected chi connectivity index (χ3v) is 4.36. The molecule has 0 aromatic carbocycles. The van der Waals surface area contributed by atoms with Crippen LogP contribution in [0, 0.1) is 0 Å². The minimum Gasteiger partial charge on any atom is -0.459 e. The molecule has 0 spiro atoms. The highest BCUT2D eigenvalue weighted by Gasteiger charge is 2.39. The van der Waals surface area contributed by atoms with Gasteiger partial charge in [-0.3, -0.25) is 4.79 Å². The lowest BCUT2D eigenvalue weighted by Gasteiger charge is -2.31. The molecule has 7 nitrogen and oxygen atoms in total. The largest absolute Gasteiger partial charge is 0.459 e. The molecule has 1 N–H and O–H groups in total. The minimum atomic E-state index is -1.69. The van der Waals surface area contributed by atoms with Crippen molar-refractivity contribution in [2.24, 2.45) is 0 Å². The van der Waals surface area contributed by atoms with Crippen LogP contribution in [0.4, 0.5) is 0 Å². The highest BCUT2D eigenvalue weighted by atomic mass is 16.7. The summed E-state index contributed by atoms with van der Waals surface area (Å²) in [5.74, 6) is -1.17. The van der Waals surface area contributed by atoms with E-state index in [-0.39, 0.29) is 25.4 Å². The summed E-state index contributed by atoms with van der Waals surface area (Å²) in [7, 11) is 1.44. The maximum atomic E-state index is 12.4. The minimum absolute atomic E-state index is 0.0509. The third-order valence-electron chi connectivity index (χ3n) is 4.36. The summed E-state index contributed by atoms with van der Waals surface area (Å²) < 4.78 is 20.6. The second kappa shape index (κ2) is 9.89. The second-order valence-electron chi connectivity index (χ2n) is 6.73. The quantitative estimate of drug-likeness (QED) is 0.262. The molecule has 0 aliphatic heterocycles. The fraction of sp³-hybridized carbons (Fsp3) is 0.778. The summed E-state index contributed by atoms with van der Waals surface area (Å²) in [6.07, 6.45) is 4.12. The highest BCUT2D eigenvalue weighted by molar-refractivity contribution is 5.87. The first-order valence-electron chi connectivity index (χ1n) is 8.59. The number of hydrogen-bond donors (Lipinski definition) is 1. The zero-order chi connectivity index (χ0) is 18.9. The summed E-state index contributed by atoms with van der Waals surface area (Å²) in [5.41, 5.74) is -1.92. The molecule has 1 saturated carbocycles. The van der Waals surface area contributed by atoms with Gasteiger partial charge in [-0.05, 0) is 39.0 Å². The van der Waals surface area contributed by atoms with E-state index in [9.17, 15) is 14.7 Å². The molecule has 0 aromatic heterocycles. The van der Waals surface area contributed by atoms with Gasteiger partial charge in [0.1, 0.15) is 24.6 Å². The van der Waals surface area contributed by atoms with Crippen molar-refractivity contribution in [3.8, 4) is 0 Å². The molecule has 1 aliphatic rings. The number of carbonyl (C=O) groups excluding carboxylic acids is 2. The molecule has 1 unspecified atom stereocenters. The molecule has 25 heavy (non-hydrogen) atoms. The van der Waals surface area contributed by atoms with Crippen molar-refractivity contribution in [3.63, 3.8) is 0 Å². The van der Waals surface area contributed by atoms with Gasteiger partial charge in [-0.25, -0.2) is 4.79 Å². The monoisotopic (exact) mass is 358 g/mol. The summed E-state index contributed by atoms with van der Waals surface area (Å²) in [6.45, 7) is 6.30. The molecule has 0 bridgehead atoms. The number of methoxy groups -OCH3 is 1. The van der Waals surface area contributed by atoms with Gasteiger partial charge in [0.2, 0.25) is 0 Å². The second-order valence-corrected chi connectivity index (χ2v) is 6.73. The van der Waals surface area contributed by atoms with Gasteiger partial charge in [0.05, 0.1) is 13.0 Å². The SMILES string of the molecule is C=C(C)C(=O)OCC(O)(COCOC)CC(=O)OC1(CC)CCCC1. The molecule has 144 valence electrons. The van der Waals surface area contributed by atoms with Crippen LogP contribution >= 0.6 is 0 Å². The maximum Gasteiger partial charge on any atom is 0.333 e. The van der Waals surface area contributed by atoms with E-state index in [1.807, 2.05) is 6.92 Å². The van der Waals surface area contributed by atoms with E-state index in [1.54, 1.807) is 0 Å². The molecule has 0 saturated heterocycles. The Hall–Kier alpha value is -1.44. The van der Waals surface area contributed by atoms with Gasteiger partial charge in [-0.15, -0.1) is 0 Å². The van der Waals surface area contributed by atoms with Crippen LogP contribution in [0.25, 0.3) is 0 Å². The van der Waals surface area contributed by atoms with Gasteiger partial charge in [-0.2, -0.15) is 0 Å². The van der Waals surface area contributed by atoms with E-state index >= 15 is 0 Å². The van der Waals surface area contributed by atoms with E-state index in [0.29, 0.717) is 0 Å². The Labute approximate surface area is 149 Å². The van der Waals surface area contributed by atoms with Gasteiger partial charge < -0.3 is 24.1 Å². The summed E-state index contributed by atoms with van der Waals surface area (Å²) in [4.78, 5) is 23.9. The van der Waals surface area contributed by atoms with E-state index in [4.69, 9.17) is 18.9 Å². The lowest BCUT2D eigenvalue weighted by Crippen LogP contribution is -2.44. The Kier molecular flexibility index (Phi) is 8.55. The number of aliphatic hydroxyl groups is 1. The number of rotatable bonds is 11. The van der Waals surface area contributed by atoms with Crippen molar-refractivity contribution in [1.82, 2.24) is 0 Å². The molecule has 7 heteroatoms. The van der Waals surface area contributed by atoms with Crippen molar-refractivity contribution < 1.29 is 33.6 Å². The molecule has 1 atom stereocenters. The van der Waals surface area contributed by atoms with Crippen LogP contribution in [0.2, 0.25) is 0 Å². The lowest BCUT2D eigenvalue weighted by molar-refractivity contribution is -0.178. The van der Waals surface area contributed by atoms with Gasteiger partial charge in [0.25, 0.3) is 0 Å². The normalized spacial score (nSPS) is 18.4. The van der Waals surface area contributed by atoms with Gasteiger partial charge in [-0.1, -0.05) is 13.5 Å². The Morgan fingerprint density at radius 1 is 1.24 bits per heavy atom. The van der Waals surface area contributed by atoms with Crippen molar-refractivity contribution >= 4 is 11.9 Å². The fourth-order valence-corrected chi connectivity index (χ4v) is 2.88. The number of ether oxygens (including phenoxy) is 4. The Morgan fingerprint density at radius 2 is 1.88 bits per heavy atom. The summed E-state index contributed by atoms with van der Waals surface area (Å²) in [5, 5.41) is 10.7. The van der Waals surface area contributed by atoms with Crippen molar-refractivity contribution in [2.75, 3.05) is 27.1 Å². The lowest BCUT2D eigenvalue weighted by atomic mass is 9.97. The molecule has 0 aromatic rings. The number of esters is 2. The van der Waals surface area contributed by atoms with Crippen LogP contribution < -0.4 is 0 Å². The first-order valence-corrected chi connectivity index (χ1v) is 8.59. The molecule has 1 aliphatic carbocycles. The van der Waals surface area contributed by atoms with Gasteiger partial charge in [0.15, 0.2) is 0 Å². The first kappa shape index (κ1) is 21.6. The van der Waals surface area contributed by atoms with Crippen LogP contribution in [0.1, 0.15) is 52.4 Å². The van der Waals surface area contributed by atoms with Crippen molar-refractivity contribution in [3.05, 3.63) is 12.2 Å². The molecule has 0 radical (unpaired) electrons. The topological polar surface area (TPSA) is 91.3 Å². The van der Waals surface area contributed by atoms with E-state index in [0.717, 1.165) is 32.1 Å². The van der Waals surface area contributed by atoms with Crippen molar-refractivity contribution in [1.29, 1.82) is 0 Å². The Balaban J connectivity index is 2.68. The standard InChI is InChI=1S/C18H30O7/c1-5-18(8-6-7-9-18)25-15(19)10-17(21,11-23-13-22-4)12-24-16(20)14(2)3/h21H,2,5-13H2,1,3-4H3. The average Bonchev–Trinajstić information content (AvgIpc) is 3.01. The molecule has 1 rings (SSSR count). The first-order chi connectivity index (χ1) is 11.8. The molecule has 1 fully saturated rings. The molecular formula is C18H30O7. The molecular weight excluding hydrogens is 328 g/mol. The van der Waals surface area contributed by atoms with Gasteiger partial charge in [0, 0.05) is 12.7 Å². The predicted octanol–water partition coefficient (Wildman–Crippen LogP) is 2.11. The van der Waals surface area contributed by atoms with Crippen LogP contribution in [0.15, 0.2) is 12.2 Å². The van der Waals surface area contributed by atoms with Crippen molar-refractivity contribution in [2.45, 2.75) is 63.6 Å². The summed E-state index contributed by atoms with van der Waals surface area (Å²) in [6, 6.07) is 0. The summed E-state index contributed by atoms with van der Waals surface area (Å²) >= 11 is 0. The maximum absolute atomic E-state index is 12.4. The number of carbonyl (C=O) groups is 2. The van der Waals surface area contributed by atoms with Crippen LogP contribution in [0.5, 0.6) is 0 Å². The Morgan fingerprint density at radius 3 is 2.40 bits per heavy atom. The van der Waals surface area contributed by atoms with E-state index in [2.05, 4.69) is 6.58 Å². The number of hydrogen-bond acceptors (Lipinski definition) is 7. The predicted molar refractivity (Wildman–Crippen MR) is 90.7 cm³/mol. The zero-order valence-electron chi connectivity index (χ0n) is 15.5. The average molecular weight is 358 g/mol. The van der Waals surface area contributed by atoms with Gasteiger partial charge >= 0.3 is 11.9 Å².